The molecule has 164 valence electrons. The van der Waals surface area contributed by atoms with Gasteiger partial charge in [0.1, 0.15) is 5.01 Å². The van der Waals surface area contributed by atoms with Crippen LogP contribution in [0.5, 0.6) is 0 Å². The third-order valence-electron chi connectivity index (χ3n) is 4.63. The predicted molar refractivity (Wildman–Crippen MR) is 126 cm³/mol. The minimum Gasteiger partial charge on any atom is -0.301 e. The van der Waals surface area contributed by atoms with E-state index in [4.69, 9.17) is 0 Å². The van der Waals surface area contributed by atoms with Crippen LogP contribution in [0.2, 0.25) is 0 Å². The van der Waals surface area contributed by atoms with Crippen LogP contribution >= 0.6 is 11.3 Å². The molecule has 0 bridgehead atoms. The number of rotatable bonds is 8. The van der Waals surface area contributed by atoms with Crippen LogP contribution in [0.4, 0.5) is 10.8 Å². The van der Waals surface area contributed by atoms with Crippen molar-refractivity contribution in [3.8, 4) is 10.6 Å². The van der Waals surface area contributed by atoms with Gasteiger partial charge in [0.15, 0.2) is 0 Å². The number of nitrogens with zero attached hydrogens (tertiary/aromatic N) is 3. The van der Waals surface area contributed by atoms with Crippen molar-refractivity contribution in [1.29, 1.82) is 0 Å². The maximum Gasteiger partial charge on any atom is 0.232 e. The Hall–Kier alpha value is -2.78. The molecule has 0 aliphatic heterocycles. The number of aromatic nitrogens is 2. The molecule has 0 atom stereocenters. The number of aryl methyl sites for hydroxylation is 3. The molecule has 7 nitrogen and oxygen atoms in total. The molecule has 1 amide bonds. The monoisotopic (exact) mass is 458 g/mol. The summed E-state index contributed by atoms with van der Waals surface area (Å²) in [6.07, 6.45) is 1.74. The zero-order chi connectivity index (χ0) is 22.6. The van der Waals surface area contributed by atoms with E-state index in [9.17, 15) is 13.2 Å². The van der Waals surface area contributed by atoms with Crippen LogP contribution in [0.25, 0.3) is 10.6 Å². The second kappa shape index (κ2) is 9.57. The predicted octanol–water partition coefficient (Wildman–Crippen LogP) is 4.32. The molecule has 0 aliphatic rings. The van der Waals surface area contributed by atoms with Crippen LogP contribution in [0, 0.1) is 20.8 Å². The van der Waals surface area contributed by atoms with Crippen molar-refractivity contribution in [2.75, 3.05) is 22.4 Å². The van der Waals surface area contributed by atoms with Crippen LogP contribution in [0.3, 0.4) is 0 Å². The molecule has 0 spiro atoms. The summed E-state index contributed by atoms with van der Waals surface area (Å²) in [7, 11) is -3.46. The van der Waals surface area contributed by atoms with Gasteiger partial charge < -0.3 is 5.32 Å². The maximum absolute atomic E-state index is 12.3. The SMILES string of the molecule is Cc1ccc(-c2nnc(NC(=O)CCCN(c3cc(C)cc(C)c3)S(C)(=O)=O)s2)cc1. The zero-order valence-corrected chi connectivity index (χ0v) is 19.7. The molecule has 3 aromatic rings. The summed E-state index contributed by atoms with van der Waals surface area (Å²) in [4.78, 5) is 12.3. The van der Waals surface area contributed by atoms with E-state index in [1.165, 1.54) is 21.9 Å². The van der Waals surface area contributed by atoms with E-state index in [-0.39, 0.29) is 18.9 Å². The second-order valence-electron chi connectivity index (χ2n) is 7.61. The molecule has 3 rings (SSSR count). The van der Waals surface area contributed by atoms with Gasteiger partial charge in [0.05, 0.1) is 11.9 Å². The fraction of sp³-hybridized carbons (Fsp3) is 0.318. The van der Waals surface area contributed by atoms with Crippen LogP contribution in [-0.4, -0.2) is 37.3 Å². The number of carbonyl (C=O) groups excluding carboxylic acids is 1. The van der Waals surface area contributed by atoms with E-state index in [1.54, 1.807) is 0 Å². The smallest absolute Gasteiger partial charge is 0.232 e. The normalized spacial score (nSPS) is 11.4. The average molecular weight is 459 g/mol. The Morgan fingerprint density at radius 2 is 1.65 bits per heavy atom. The summed E-state index contributed by atoms with van der Waals surface area (Å²) in [6, 6.07) is 13.6. The van der Waals surface area contributed by atoms with Gasteiger partial charge in [-0.1, -0.05) is 47.2 Å². The van der Waals surface area contributed by atoms with Gasteiger partial charge in [-0.05, 0) is 50.5 Å². The number of benzene rings is 2. The molecule has 2 aromatic carbocycles. The summed E-state index contributed by atoms with van der Waals surface area (Å²) in [6.45, 7) is 6.09. The molecule has 0 unspecified atom stereocenters. The molecule has 0 aliphatic carbocycles. The van der Waals surface area contributed by atoms with Crippen LogP contribution < -0.4 is 9.62 Å². The summed E-state index contributed by atoms with van der Waals surface area (Å²) >= 11 is 1.30. The quantitative estimate of drug-likeness (QED) is 0.543. The Bertz CT molecular complexity index is 1150. The minimum atomic E-state index is -3.46. The van der Waals surface area contributed by atoms with Gasteiger partial charge in [-0.3, -0.25) is 9.10 Å². The van der Waals surface area contributed by atoms with Crippen molar-refractivity contribution in [1.82, 2.24) is 10.2 Å². The molecule has 0 saturated heterocycles. The Kier molecular flexibility index (Phi) is 7.07. The molecular weight excluding hydrogens is 432 g/mol. The van der Waals surface area contributed by atoms with Crippen LogP contribution in [0.1, 0.15) is 29.5 Å². The standard InChI is InChI=1S/C22H26N4O3S2/c1-15-7-9-18(10-8-15)21-24-25-22(30-21)23-20(27)6-5-11-26(31(4,28)29)19-13-16(2)12-17(3)14-19/h7-10,12-14H,5-6,11H2,1-4H3,(H,23,25,27). The lowest BCUT2D eigenvalue weighted by Crippen LogP contribution is -2.31. The minimum absolute atomic E-state index is 0.177. The summed E-state index contributed by atoms with van der Waals surface area (Å²) in [5, 5.41) is 12.1. The number of carbonyl (C=O) groups is 1. The van der Waals surface area contributed by atoms with Crippen molar-refractivity contribution in [3.05, 3.63) is 59.2 Å². The van der Waals surface area contributed by atoms with Gasteiger partial charge in [-0.15, -0.1) is 10.2 Å². The van der Waals surface area contributed by atoms with Crippen molar-refractivity contribution < 1.29 is 13.2 Å². The van der Waals surface area contributed by atoms with Gasteiger partial charge in [0.25, 0.3) is 0 Å². The summed E-state index contributed by atoms with van der Waals surface area (Å²) in [5.74, 6) is -0.222. The highest BCUT2D eigenvalue weighted by Crippen LogP contribution is 2.27. The van der Waals surface area contributed by atoms with Gasteiger partial charge in [0.2, 0.25) is 21.1 Å². The Balaban J connectivity index is 1.59. The van der Waals surface area contributed by atoms with Gasteiger partial charge >= 0.3 is 0 Å². The fourth-order valence-electron chi connectivity index (χ4n) is 3.23. The summed E-state index contributed by atoms with van der Waals surface area (Å²) in [5.41, 5.74) is 4.70. The van der Waals surface area contributed by atoms with Crippen molar-refractivity contribution in [2.24, 2.45) is 0 Å². The number of sulfonamides is 1. The fourth-order valence-corrected chi connectivity index (χ4v) is 4.95. The second-order valence-corrected chi connectivity index (χ2v) is 10.5. The number of amides is 1. The lowest BCUT2D eigenvalue weighted by Gasteiger charge is -2.23. The molecule has 9 heteroatoms. The Labute approximate surface area is 187 Å². The van der Waals surface area contributed by atoms with Gasteiger partial charge in [-0.2, -0.15) is 0 Å². The number of hydrogen-bond donors (Lipinski definition) is 1. The molecule has 31 heavy (non-hydrogen) atoms. The molecular formula is C22H26N4O3S2. The third kappa shape index (κ3) is 6.35. The first kappa shape index (κ1) is 22.9. The van der Waals surface area contributed by atoms with Crippen molar-refractivity contribution in [2.45, 2.75) is 33.6 Å². The maximum atomic E-state index is 12.3. The van der Waals surface area contributed by atoms with Gasteiger partial charge in [0, 0.05) is 18.5 Å². The first-order valence-electron chi connectivity index (χ1n) is 9.88. The lowest BCUT2D eigenvalue weighted by atomic mass is 10.1. The number of nitrogens with one attached hydrogen (secondary N) is 1. The molecule has 0 fully saturated rings. The first-order valence-corrected chi connectivity index (χ1v) is 12.5. The van der Waals surface area contributed by atoms with Gasteiger partial charge in [-0.25, -0.2) is 8.42 Å². The van der Waals surface area contributed by atoms with Crippen LogP contribution in [0.15, 0.2) is 42.5 Å². The van der Waals surface area contributed by atoms with E-state index < -0.39 is 10.0 Å². The van der Waals surface area contributed by atoms with Crippen LogP contribution in [-0.2, 0) is 14.8 Å². The Morgan fingerprint density at radius 1 is 1.00 bits per heavy atom. The number of anilines is 2. The van der Waals surface area contributed by atoms with E-state index >= 15 is 0 Å². The molecule has 0 saturated carbocycles. The lowest BCUT2D eigenvalue weighted by molar-refractivity contribution is -0.116. The molecule has 1 aromatic heterocycles. The highest BCUT2D eigenvalue weighted by molar-refractivity contribution is 7.92. The van der Waals surface area contributed by atoms with E-state index in [2.05, 4.69) is 15.5 Å². The highest BCUT2D eigenvalue weighted by Gasteiger charge is 2.18. The highest BCUT2D eigenvalue weighted by atomic mass is 32.2. The number of hydrogen-bond acceptors (Lipinski definition) is 6. The molecule has 0 radical (unpaired) electrons. The average Bonchev–Trinajstić information content (AvgIpc) is 3.12. The molecule has 1 N–H and O–H groups in total. The largest absolute Gasteiger partial charge is 0.301 e. The van der Waals surface area contributed by atoms with E-state index in [1.807, 2.05) is 63.2 Å². The summed E-state index contributed by atoms with van der Waals surface area (Å²) < 4.78 is 25.9. The topological polar surface area (TPSA) is 92.3 Å². The molecule has 1 heterocycles. The zero-order valence-electron chi connectivity index (χ0n) is 18.0. The Morgan fingerprint density at radius 3 is 2.26 bits per heavy atom. The van der Waals surface area contributed by atoms with E-state index in [0.717, 1.165) is 27.3 Å². The first-order chi connectivity index (χ1) is 14.6. The van der Waals surface area contributed by atoms with E-state index in [0.29, 0.717) is 17.2 Å². The van der Waals surface area contributed by atoms with Crippen molar-refractivity contribution in [3.63, 3.8) is 0 Å². The third-order valence-corrected chi connectivity index (χ3v) is 6.71. The van der Waals surface area contributed by atoms with Crippen molar-refractivity contribution >= 4 is 38.1 Å².